The number of nitrogens with zero attached hydrogens (tertiary/aromatic N) is 1. The molecule has 1 aliphatic heterocycles. The molecule has 0 aromatic heterocycles. The minimum atomic E-state index is -0.970. The van der Waals surface area contributed by atoms with Crippen molar-refractivity contribution in [3.63, 3.8) is 0 Å². The molecule has 124 valence electrons. The molecule has 1 aliphatic rings. The van der Waals surface area contributed by atoms with Gasteiger partial charge in [-0.2, -0.15) is 0 Å². The second-order valence-electron chi connectivity index (χ2n) is 5.35. The molecular weight excluding hydrogens is 298 g/mol. The first kappa shape index (κ1) is 16.9. The van der Waals surface area contributed by atoms with Gasteiger partial charge >= 0.3 is 5.97 Å². The lowest BCUT2D eigenvalue weighted by Gasteiger charge is -2.21. The van der Waals surface area contributed by atoms with Crippen LogP contribution in [0.5, 0.6) is 11.5 Å². The molecule has 1 unspecified atom stereocenters. The lowest BCUT2D eigenvalue weighted by Crippen LogP contribution is -2.42. The molecule has 6 heteroatoms. The number of carboxylic acid groups (broad SMARTS) is 1. The Bertz CT molecular complexity index is 599. The van der Waals surface area contributed by atoms with Gasteiger partial charge in [-0.15, -0.1) is 6.58 Å². The van der Waals surface area contributed by atoms with Crippen molar-refractivity contribution < 1.29 is 24.2 Å². The van der Waals surface area contributed by atoms with E-state index >= 15 is 0 Å². The predicted octanol–water partition coefficient (Wildman–Crippen LogP) is 1.88. The summed E-state index contributed by atoms with van der Waals surface area (Å²) < 4.78 is 10.8. The van der Waals surface area contributed by atoms with Crippen molar-refractivity contribution in [2.75, 3.05) is 20.3 Å². The topological polar surface area (TPSA) is 76.1 Å². The van der Waals surface area contributed by atoms with Gasteiger partial charge < -0.3 is 19.5 Å². The zero-order valence-corrected chi connectivity index (χ0v) is 13.2. The lowest BCUT2D eigenvalue weighted by molar-refractivity contribution is -0.149. The van der Waals surface area contributed by atoms with E-state index in [1.165, 1.54) is 12.0 Å². The summed E-state index contributed by atoms with van der Waals surface area (Å²) in [7, 11) is 1.53. The van der Waals surface area contributed by atoms with E-state index in [1.807, 2.05) is 12.1 Å². The van der Waals surface area contributed by atoms with Crippen LogP contribution in [0, 0.1) is 0 Å². The summed E-state index contributed by atoms with van der Waals surface area (Å²) in [6.45, 7) is 3.93. The number of benzene rings is 1. The van der Waals surface area contributed by atoms with Crippen LogP contribution in [0.2, 0.25) is 0 Å². The van der Waals surface area contributed by atoms with Gasteiger partial charge in [0.1, 0.15) is 6.04 Å². The average Bonchev–Trinajstić information content (AvgIpc) is 3.03. The summed E-state index contributed by atoms with van der Waals surface area (Å²) in [5, 5.41) is 9.12. The summed E-state index contributed by atoms with van der Waals surface area (Å²) in [5.74, 6) is -0.303. The molecule has 1 saturated heterocycles. The van der Waals surface area contributed by atoms with E-state index < -0.39 is 12.0 Å². The number of carboxylic acids is 1. The molecule has 1 aromatic carbocycles. The number of rotatable bonds is 7. The SMILES string of the molecule is C=CCc1ccc(OCC(=O)N2CCCC2C(=O)O)c(OC)c1. The number of ether oxygens (including phenoxy) is 2. The van der Waals surface area contributed by atoms with Crippen molar-refractivity contribution in [2.24, 2.45) is 0 Å². The highest BCUT2D eigenvalue weighted by Crippen LogP contribution is 2.28. The highest BCUT2D eigenvalue weighted by atomic mass is 16.5. The van der Waals surface area contributed by atoms with E-state index in [0.29, 0.717) is 37.3 Å². The van der Waals surface area contributed by atoms with Gasteiger partial charge in [0.2, 0.25) is 0 Å². The summed E-state index contributed by atoms with van der Waals surface area (Å²) in [5.41, 5.74) is 1.03. The van der Waals surface area contributed by atoms with Gasteiger partial charge in [-0.3, -0.25) is 4.79 Å². The molecule has 1 atom stereocenters. The maximum absolute atomic E-state index is 12.2. The first-order valence-corrected chi connectivity index (χ1v) is 7.49. The number of hydrogen-bond donors (Lipinski definition) is 1. The van der Waals surface area contributed by atoms with Gasteiger partial charge in [-0.1, -0.05) is 12.1 Å². The number of carbonyl (C=O) groups is 2. The van der Waals surface area contributed by atoms with Crippen molar-refractivity contribution in [1.82, 2.24) is 4.90 Å². The molecule has 0 spiro atoms. The van der Waals surface area contributed by atoms with E-state index in [2.05, 4.69) is 6.58 Å². The molecular formula is C17H21NO5. The Kier molecular flexibility index (Phi) is 5.62. The minimum Gasteiger partial charge on any atom is -0.493 e. The van der Waals surface area contributed by atoms with Gasteiger partial charge in [-0.05, 0) is 37.0 Å². The van der Waals surface area contributed by atoms with Crippen molar-refractivity contribution in [3.8, 4) is 11.5 Å². The Labute approximate surface area is 135 Å². The van der Waals surface area contributed by atoms with E-state index in [4.69, 9.17) is 14.6 Å². The molecule has 23 heavy (non-hydrogen) atoms. The Morgan fingerprint density at radius 2 is 2.22 bits per heavy atom. The van der Waals surface area contributed by atoms with Gasteiger partial charge in [0.05, 0.1) is 7.11 Å². The molecule has 0 aliphatic carbocycles. The van der Waals surface area contributed by atoms with Crippen molar-refractivity contribution in [1.29, 1.82) is 0 Å². The van der Waals surface area contributed by atoms with Crippen LogP contribution in [-0.4, -0.2) is 48.2 Å². The fraction of sp³-hybridized carbons (Fsp3) is 0.412. The van der Waals surface area contributed by atoms with Gasteiger partial charge in [-0.25, -0.2) is 4.79 Å². The van der Waals surface area contributed by atoms with Crippen LogP contribution in [0.15, 0.2) is 30.9 Å². The third-order valence-corrected chi connectivity index (χ3v) is 3.82. The highest BCUT2D eigenvalue weighted by Gasteiger charge is 2.34. The first-order valence-electron chi connectivity index (χ1n) is 7.49. The number of aliphatic carboxylic acids is 1. The monoisotopic (exact) mass is 319 g/mol. The fourth-order valence-corrected chi connectivity index (χ4v) is 2.67. The Balaban J connectivity index is 2.01. The molecule has 0 saturated carbocycles. The van der Waals surface area contributed by atoms with Crippen molar-refractivity contribution in [2.45, 2.75) is 25.3 Å². The number of likely N-dealkylation sites (tertiary alicyclic amines) is 1. The normalized spacial score (nSPS) is 16.9. The van der Waals surface area contributed by atoms with Crippen LogP contribution < -0.4 is 9.47 Å². The number of methoxy groups -OCH3 is 1. The smallest absolute Gasteiger partial charge is 0.326 e. The van der Waals surface area contributed by atoms with E-state index in [1.54, 1.807) is 12.1 Å². The zero-order valence-electron chi connectivity index (χ0n) is 13.2. The first-order chi connectivity index (χ1) is 11.1. The lowest BCUT2D eigenvalue weighted by atomic mass is 10.1. The molecule has 1 amide bonds. The largest absolute Gasteiger partial charge is 0.493 e. The molecule has 1 aromatic rings. The second kappa shape index (κ2) is 7.67. The molecule has 1 N–H and O–H groups in total. The zero-order chi connectivity index (χ0) is 16.8. The van der Waals surface area contributed by atoms with E-state index in [9.17, 15) is 9.59 Å². The van der Waals surface area contributed by atoms with Crippen LogP contribution in [0.3, 0.4) is 0 Å². The number of amides is 1. The average molecular weight is 319 g/mol. The van der Waals surface area contributed by atoms with Crippen LogP contribution in [0.25, 0.3) is 0 Å². The maximum Gasteiger partial charge on any atom is 0.326 e. The molecule has 6 nitrogen and oxygen atoms in total. The van der Waals surface area contributed by atoms with Crippen LogP contribution in [0.1, 0.15) is 18.4 Å². The van der Waals surface area contributed by atoms with E-state index in [-0.39, 0.29) is 12.5 Å². The van der Waals surface area contributed by atoms with Crippen LogP contribution >= 0.6 is 0 Å². The summed E-state index contributed by atoms with van der Waals surface area (Å²) in [4.78, 5) is 24.7. The molecule has 1 fully saturated rings. The Hall–Kier alpha value is -2.50. The maximum atomic E-state index is 12.2. The molecule has 0 bridgehead atoms. The van der Waals surface area contributed by atoms with Gasteiger partial charge in [0.15, 0.2) is 18.1 Å². The fourth-order valence-electron chi connectivity index (χ4n) is 2.67. The van der Waals surface area contributed by atoms with Crippen LogP contribution in [-0.2, 0) is 16.0 Å². The third-order valence-electron chi connectivity index (χ3n) is 3.82. The molecule has 1 heterocycles. The van der Waals surface area contributed by atoms with Crippen molar-refractivity contribution >= 4 is 11.9 Å². The third kappa shape index (κ3) is 4.03. The second-order valence-corrected chi connectivity index (χ2v) is 5.35. The van der Waals surface area contributed by atoms with E-state index in [0.717, 1.165) is 5.56 Å². The number of hydrogen-bond acceptors (Lipinski definition) is 4. The van der Waals surface area contributed by atoms with Crippen LogP contribution in [0.4, 0.5) is 0 Å². The minimum absolute atomic E-state index is 0.207. The van der Waals surface area contributed by atoms with Gasteiger partial charge in [0.25, 0.3) is 5.91 Å². The summed E-state index contributed by atoms with van der Waals surface area (Å²) in [6, 6.07) is 4.70. The van der Waals surface area contributed by atoms with Crippen molar-refractivity contribution in [3.05, 3.63) is 36.4 Å². The summed E-state index contributed by atoms with van der Waals surface area (Å²) in [6.07, 6.45) is 3.69. The summed E-state index contributed by atoms with van der Waals surface area (Å²) >= 11 is 0. The molecule has 0 radical (unpaired) electrons. The quantitative estimate of drug-likeness (QED) is 0.777. The number of carbonyl (C=O) groups excluding carboxylic acids is 1. The Morgan fingerprint density at radius 1 is 1.43 bits per heavy atom. The Morgan fingerprint density at radius 3 is 2.87 bits per heavy atom. The number of allylic oxidation sites excluding steroid dienone is 1. The predicted molar refractivity (Wildman–Crippen MR) is 84.8 cm³/mol. The highest BCUT2D eigenvalue weighted by molar-refractivity contribution is 5.85. The molecule has 2 rings (SSSR count). The standard InChI is InChI=1S/C17H21NO5/c1-3-5-12-7-8-14(15(10-12)22-2)23-11-16(19)18-9-4-6-13(18)17(20)21/h3,7-8,10,13H,1,4-6,9,11H2,2H3,(H,20,21). The van der Waals surface area contributed by atoms with Gasteiger partial charge in [0, 0.05) is 6.54 Å².